The molecule has 0 saturated carbocycles. The van der Waals surface area contributed by atoms with Gasteiger partial charge >= 0.3 is 0 Å². The maximum absolute atomic E-state index is 12.3. The number of carbonyl (C=O) groups is 1. The number of amides is 1. The van der Waals surface area contributed by atoms with Gasteiger partial charge in [-0.05, 0) is 36.4 Å². The summed E-state index contributed by atoms with van der Waals surface area (Å²) in [6.07, 6.45) is 0. The van der Waals surface area contributed by atoms with Crippen LogP contribution in [0, 0.1) is 0 Å². The van der Waals surface area contributed by atoms with Crippen LogP contribution in [0.4, 0.5) is 0 Å². The van der Waals surface area contributed by atoms with Crippen molar-refractivity contribution in [2.75, 3.05) is 52.2 Å². The summed E-state index contributed by atoms with van der Waals surface area (Å²) in [6.45, 7) is 7.12. The average Bonchev–Trinajstić information content (AvgIpc) is 2.78. The minimum atomic E-state index is 0.0272. The summed E-state index contributed by atoms with van der Waals surface area (Å²) in [6, 6.07) is 14.3. The van der Waals surface area contributed by atoms with Gasteiger partial charge in [0.05, 0.1) is 5.75 Å². The van der Waals surface area contributed by atoms with Gasteiger partial charge in [0, 0.05) is 44.2 Å². The van der Waals surface area contributed by atoms with Crippen molar-refractivity contribution < 1.29 is 14.3 Å². The monoisotopic (exact) mass is 427 g/mol. The van der Waals surface area contributed by atoms with E-state index in [0.29, 0.717) is 25.5 Å². The van der Waals surface area contributed by atoms with Crippen molar-refractivity contribution in [2.45, 2.75) is 18.0 Å². The molecule has 2 aromatic rings. The van der Waals surface area contributed by atoms with Gasteiger partial charge in [0.2, 0.25) is 5.91 Å². The lowest BCUT2D eigenvalue weighted by molar-refractivity contribution is -0.118. The van der Waals surface area contributed by atoms with Crippen LogP contribution in [0.1, 0.15) is 11.1 Å². The second kappa shape index (κ2) is 10.2. The molecule has 0 spiro atoms. The second-order valence-corrected chi connectivity index (χ2v) is 8.82. The fraction of sp³-hybridized carbons (Fsp3) is 0.435. The number of carbonyl (C=O) groups excluding carboxylic acids is 1. The van der Waals surface area contributed by atoms with Gasteiger partial charge in [-0.2, -0.15) is 0 Å². The summed E-state index contributed by atoms with van der Waals surface area (Å²) in [4.78, 5) is 18.2. The maximum atomic E-state index is 12.3. The van der Waals surface area contributed by atoms with Crippen LogP contribution < -0.4 is 14.8 Å². The largest absolute Gasteiger partial charge is 0.486 e. The van der Waals surface area contributed by atoms with Gasteiger partial charge in [-0.15, -0.1) is 11.8 Å². The predicted molar refractivity (Wildman–Crippen MR) is 119 cm³/mol. The molecule has 1 fully saturated rings. The Morgan fingerprint density at radius 3 is 2.60 bits per heavy atom. The van der Waals surface area contributed by atoms with Gasteiger partial charge in [-0.25, -0.2) is 0 Å². The molecule has 2 aliphatic heterocycles. The van der Waals surface area contributed by atoms with Crippen molar-refractivity contribution in [1.82, 2.24) is 15.1 Å². The number of rotatable bonds is 7. The highest BCUT2D eigenvalue weighted by Crippen LogP contribution is 2.34. The molecule has 0 aromatic heterocycles. The molecule has 0 bridgehead atoms. The maximum Gasteiger partial charge on any atom is 0.230 e. The first-order chi connectivity index (χ1) is 14.7. The Morgan fingerprint density at radius 1 is 1.00 bits per heavy atom. The van der Waals surface area contributed by atoms with Crippen LogP contribution in [0.25, 0.3) is 0 Å². The molecule has 2 aromatic carbocycles. The van der Waals surface area contributed by atoms with E-state index >= 15 is 0 Å². The first kappa shape index (κ1) is 21.0. The number of nitrogens with zero attached hydrogens (tertiary/aromatic N) is 2. The third-order valence-corrected chi connectivity index (χ3v) is 6.36. The summed E-state index contributed by atoms with van der Waals surface area (Å²) >= 11 is 1.50. The normalized spacial score (nSPS) is 17.0. The Labute approximate surface area is 182 Å². The summed E-state index contributed by atoms with van der Waals surface area (Å²) in [5.41, 5.74) is 2.44. The third kappa shape index (κ3) is 5.90. The zero-order valence-corrected chi connectivity index (χ0v) is 18.2. The molecule has 1 saturated heterocycles. The number of ether oxygens (including phenoxy) is 2. The average molecular weight is 428 g/mol. The molecule has 1 N–H and O–H groups in total. The van der Waals surface area contributed by atoms with Gasteiger partial charge in [-0.3, -0.25) is 9.69 Å². The first-order valence-corrected chi connectivity index (χ1v) is 11.4. The van der Waals surface area contributed by atoms with Crippen molar-refractivity contribution in [3.63, 3.8) is 0 Å². The van der Waals surface area contributed by atoms with Crippen LogP contribution in [-0.2, 0) is 17.9 Å². The van der Waals surface area contributed by atoms with Crippen molar-refractivity contribution in [2.24, 2.45) is 0 Å². The van der Waals surface area contributed by atoms with Crippen LogP contribution in [0.15, 0.2) is 47.4 Å². The van der Waals surface area contributed by atoms with Gasteiger partial charge in [0.1, 0.15) is 13.2 Å². The minimum absolute atomic E-state index is 0.0272. The smallest absolute Gasteiger partial charge is 0.230 e. The van der Waals surface area contributed by atoms with Crippen LogP contribution >= 0.6 is 11.8 Å². The molecule has 7 heteroatoms. The zero-order chi connectivity index (χ0) is 20.8. The van der Waals surface area contributed by atoms with Gasteiger partial charge in [0.25, 0.3) is 0 Å². The van der Waals surface area contributed by atoms with Gasteiger partial charge in [-0.1, -0.05) is 24.3 Å². The van der Waals surface area contributed by atoms with E-state index < -0.39 is 0 Å². The van der Waals surface area contributed by atoms with Crippen molar-refractivity contribution in [3.05, 3.63) is 53.6 Å². The fourth-order valence-corrected chi connectivity index (χ4v) is 4.37. The number of fused-ring (bicyclic) bond motifs is 1. The topological polar surface area (TPSA) is 54.0 Å². The van der Waals surface area contributed by atoms with Crippen LogP contribution in [0.2, 0.25) is 0 Å². The molecular formula is C23H29N3O3S. The number of hydrogen-bond donors (Lipinski definition) is 1. The second-order valence-electron chi connectivity index (χ2n) is 7.77. The predicted octanol–water partition coefficient (Wildman–Crippen LogP) is 2.61. The van der Waals surface area contributed by atoms with Crippen molar-refractivity contribution in [3.8, 4) is 11.5 Å². The molecule has 2 aliphatic rings. The Hall–Kier alpha value is -2.22. The van der Waals surface area contributed by atoms with E-state index in [-0.39, 0.29) is 5.91 Å². The highest BCUT2D eigenvalue weighted by molar-refractivity contribution is 8.00. The Balaban J connectivity index is 1.23. The van der Waals surface area contributed by atoms with E-state index in [1.54, 1.807) is 0 Å². The molecule has 4 rings (SSSR count). The van der Waals surface area contributed by atoms with E-state index in [0.717, 1.165) is 54.7 Å². The molecule has 0 atom stereocenters. The highest BCUT2D eigenvalue weighted by atomic mass is 32.2. The van der Waals surface area contributed by atoms with E-state index in [9.17, 15) is 4.79 Å². The number of thioether (sulfide) groups is 1. The number of piperazine rings is 1. The Bertz CT molecular complexity index is 869. The zero-order valence-electron chi connectivity index (χ0n) is 17.4. The lowest BCUT2D eigenvalue weighted by Gasteiger charge is -2.32. The number of nitrogens with one attached hydrogen (secondary N) is 1. The van der Waals surface area contributed by atoms with Crippen LogP contribution in [0.3, 0.4) is 0 Å². The molecule has 1 amide bonds. The van der Waals surface area contributed by atoms with E-state index in [2.05, 4.69) is 46.4 Å². The lowest BCUT2D eigenvalue weighted by Crippen LogP contribution is -2.43. The molecule has 0 aliphatic carbocycles. The summed E-state index contributed by atoms with van der Waals surface area (Å²) < 4.78 is 11.1. The van der Waals surface area contributed by atoms with E-state index in [1.165, 1.54) is 17.3 Å². The molecule has 30 heavy (non-hydrogen) atoms. The molecule has 0 unspecified atom stereocenters. The fourth-order valence-electron chi connectivity index (χ4n) is 3.62. The minimum Gasteiger partial charge on any atom is -0.486 e. The number of benzene rings is 2. The standard InChI is InChI=1S/C23H29N3O3S/c1-25-7-9-26(10-8-25)16-19-4-2-3-18(13-19)15-24-23(27)17-30-20-5-6-21-22(14-20)29-12-11-28-21/h2-6,13-14H,7-12,15-17H2,1H3,(H,24,27). The number of hydrogen-bond acceptors (Lipinski definition) is 6. The Kier molecular flexibility index (Phi) is 7.15. The van der Waals surface area contributed by atoms with E-state index in [4.69, 9.17) is 9.47 Å². The first-order valence-electron chi connectivity index (χ1n) is 10.4. The highest BCUT2D eigenvalue weighted by Gasteiger charge is 2.14. The molecule has 160 valence electrons. The summed E-state index contributed by atoms with van der Waals surface area (Å²) in [5.74, 6) is 1.93. The SMILES string of the molecule is CN1CCN(Cc2cccc(CNC(=O)CSc3ccc4c(c3)OCCO4)c2)CC1. The molecule has 2 heterocycles. The van der Waals surface area contributed by atoms with Crippen LogP contribution in [0.5, 0.6) is 11.5 Å². The third-order valence-electron chi connectivity index (χ3n) is 5.37. The van der Waals surface area contributed by atoms with Gasteiger partial charge < -0.3 is 19.7 Å². The summed E-state index contributed by atoms with van der Waals surface area (Å²) in [5, 5.41) is 3.03. The van der Waals surface area contributed by atoms with Crippen LogP contribution in [-0.4, -0.2) is 67.9 Å². The van der Waals surface area contributed by atoms with E-state index in [1.807, 2.05) is 18.2 Å². The summed E-state index contributed by atoms with van der Waals surface area (Å²) in [7, 11) is 2.17. The Morgan fingerprint density at radius 2 is 1.77 bits per heavy atom. The molecule has 6 nitrogen and oxygen atoms in total. The quantitative estimate of drug-likeness (QED) is 0.686. The number of likely N-dealkylation sites (N-methyl/N-ethyl adjacent to an activating group) is 1. The van der Waals surface area contributed by atoms with Crippen molar-refractivity contribution >= 4 is 17.7 Å². The molecule has 0 radical (unpaired) electrons. The molecular weight excluding hydrogens is 398 g/mol. The van der Waals surface area contributed by atoms with Crippen molar-refractivity contribution in [1.29, 1.82) is 0 Å². The van der Waals surface area contributed by atoms with Gasteiger partial charge in [0.15, 0.2) is 11.5 Å². The lowest BCUT2D eigenvalue weighted by atomic mass is 10.1.